The van der Waals surface area contributed by atoms with Gasteiger partial charge in [0.25, 0.3) is 5.91 Å². The minimum absolute atomic E-state index is 0.00906. The van der Waals surface area contributed by atoms with Gasteiger partial charge in [-0.1, -0.05) is 19.9 Å². The lowest BCUT2D eigenvalue weighted by molar-refractivity contribution is -0.139. The van der Waals surface area contributed by atoms with E-state index < -0.39 is 47.8 Å². The molecule has 13 nitrogen and oxygen atoms in total. The molecule has 0 aliphatic carbocycles. The van der Waals surface area contributed by atoms with Crippen molar-refractivity contribution in [3.63, 3.8) is 0 Å². The molecule has 0 saturated carbocycles. The zero-order chi connectivity index (χ0) is 29.9. The van der Waals surface area contributed by atoms with Crippen LogP contribution in [0.3, 0.4) is 0 Å². The first-order valence-corrected chi connectivity index (χ1v) is 14.3. The van der Waals surface area contributed by atoms with Gasteiger partial charge in [0, 0.05) is 25.7 Å². The molecule has 0 radical (unpaired) electrons. The van der Waals surface area contributed by atoms with Crippen molar-refractivity contribution in [2.24, 2.45) is 11.7 Å². The Labute approximate surface area is 239 Å². The van der Waals surface area contributed by atoms with Crippen molar-refractivity contribution in [2.45, 2.75) is 89.4 Å². The van der Waals surface area contributed by atoms with Gasteiger partial charge in [-0.2, -0.15) is 0 Å². The number of carbonyl (C=O) groups excluding carboxylic acids is 6. The molecule has 6 N–H and O–H groups in total. The Bertz CT molecular complexity index is 1110. The highest BCUT2D eigenvalue weighted by Gasteiger charge is 2.35. The topological polar surface area (TPSA) is 193 Å². The van der Waals surface area contributed by atoms with Crippen molar-refractivity contribution in [3.8, 4) is 0 Å². The quantitative estimate of drug-likeness (QED) is 0.322. The standard InChI is InChI=1S/C28H41N7O6/c1-17(2)16-21-27(40)32-18(24(29)37)11-12-23(36)35-15-7-10-22(35)28(41)31-14-6-4-9-20(26(39)34-21)33-25(38)19-8-3-5-13-30-19/h3,5,8,13,17-18,20-22H,4,6-7,9-12,14-16H2,1-2H3,(H2,29,37)(H,31,41)(H,32,40)(H,33,38)(H,34,39)/t18-,20-,21-,22+/m0/s1. The number of aromatic nitrogens is 1. The Hall–Kier alpha value is -4.03. The van der Waals surface area contributed by atoms with Crippen LogP contribution >= 0.6 is 0 Å². The van der Waals surface area contributed by atoms with Gasteiger partial charge in [0.1, 0.15) is 29.9 Å². The molecule has 3 rings (SSSR count). The van der Waals surface area contributed by atoms with Gasteiger partial charge >= 0.3 is 0 Å². The third kappa shape index (κ3) is 9.25. The normalized spacial score (nSPS) is 25.3. The molecule has 4 atom stereocenters. The van der Waals surface area contributed by atoms with E-state index in [1.165, 1.54) is 17.2 Å². The molecule has 2 saturated heterocycles. The molecule has 3 heterocycles. The van der Waals surface area contributed by atoms with Crippen molar-refractivity contribution in [1.29, 1.82) is 0 Å². The molecule has 2 aliphatic heterocycles. The van der Waals surface area contributed by atoms with E-state index in [1.54, 1.807) is 12.1 Å². The summed E-state index contributed by atoms with van der Waals surface area (Å²) in [5, 5.41) is 10.9. The average molecular weight is 572 g/mol. The molecule has 2 fully saturated rings. The van der Waals surface area contributed by atoms with Gasteiger partial charge < -0.3 is 31.9 Å². The number of nitrogens with one attached hydrogen (secondary N) is 4. The van der Waals surface area contributed by atoms with E-state index in [0.717, 1.165) is 0 Å². The molecule has 2 aliphatic rings. The monoisotopic (exact) mass is 571 g/mol. The first-order chi connectivity index (χ1) is 19.6. The van der Waals surface area contributed by atoms with Crippen LogP contribution < -0.4 is 27.0 Å². The number of rotatable bonds is 5. The number of amides is 6. The summed E-state index contributed by atoms with van der Waals surface area (Å²) in [6.07, 6.45) is 4.09. The summed E-state index contributed by atoms with van der Waals surface area (Å²) >= 11 is 0. The predicted molar refractivity (Wildman–Crippen MR) is 149 cm³/mol. The van der Waals surface area contributed by atoms with Crippen LogP contribution in [0.4, 0.5) is 0 Å². The molecular formula is C28H41N7O6. The fourth-order valence-electron chi connectivity index (χ4n) is 5.08. The van der Waals surface area contributed by atoms with Crippen molar-refractivity contribution >= 4 is 35.4 Å². The van der Waals surface area contributed by atoms with E-state index in [9.17, 15) is 28.8 Å². The lowest BCUT2D eigenvalue weighted by atomic mass is 10.0. The summed E-state index contributed by atoms with van der Waals surface area (Å²) in [6, 6.07) is 1.13. The van der Waals surface area contributed by atoms with E-state index in [-0.39, 0.29) is 49.1 Å². The Balaban J connectivity index is 1.83. The third-order valence-electron chi connectivity index (χ3n) is 7.26. The lowest BCUT2D eigenvalue weighted by Gasteiger charge is -2.27. The first kappa shape index (κ1) is 31.5. The van der Waals surface area contributed by atoms with Crippen molar-refractivity contribution in [3.05, 3.63) is 30.1 Å². The molecule has 224 valence electrons. The maximum atomic E-state index is 13.4. The van der Waals surface area contributed by atoms with Crippen LogP contribution in [0, 0.1) is 5.92 Å². The second-order valence-electron chi connectivity index (χ2n) is 11.0. The zero-order valence-corrected chi connectivity index (χ0v) is 23.7. The first-order valence-electron chi connectivity index (χ1n) is 14.3. The summed E-state index contributed by atoms with van der Waals surface area (Å²) < 4.78 is 0. The summed E-state index contributed by atoms with van der Waals surface area (Å²) in [5.74, 6) is -3.06. The van der Waals surface area contributed by atoms with Crippen LogP contribution in [0.1, 0.15) is 75.7 Å². The molecule has 0 unspecified atom stereocenters. The van der Waals surface area contributed by atoms with Gasteiger partial charge in [-0.05, 0) is 63.0 Å². The van der Waals surface area contributed by atoms with E-state index in [1.807, 2.05) is 13.8 Å². The summed E-state index contributed by atoms with van der Waals surface area (Å²) in [7, 11) is 0. The SMILES string of the molecule is CC(C)C[C@@H]1NC(=O)[C@@H](NC(=O)c2ccccn2)CCCCNC(=O)[C@H]2CCCN2C(=O)CC[C@@H](C(N)=O)NC1=O. The highest BCUT2D eigenvalue weighted by molar-refractivity contribution is 5.97. The van der Waals surface area contributed by atoms with Gasteiger partial charge in [0.2, 0.25) is 29.5 Å². The number of primary amides is 1. The number of nitrogens with two attached hydrogens (primary N) is 1. The Morgan fingerprint density at radius 3 is 2.49 bits per heavy atom. The molecule has 1 aromatic rings. The average Bonchev–Trinajstić information content (AvgIpc) is 3.43. The van der Waals surface area contributed by atoms with E-state index in [0.29, 0.717) is 38.8 Å². The Morgan fingerprint density at radius 1 is 1.02 bits per heavy atom. The van der Waals surface area contributed by atoms with E-state index >= 15 is 0 Å². The summed E-state index contributed by atoms with van der Waals surface area (Å²) in [5.41, 5.74) is 5.69. The maximum Gasteiger partial charge on any atom is 0.270 e. The number of fused-ring (bicyclic) bond motifs is 1. The molecule has 1 aromatic heterocycles. The molecule has 0 spiro atoms. The summed E-state index contributed by atoms with van der Waals surface area (Å²) in [4.78, 5) is 83.0. The van der Waals surface area contributed by atoms with Crippen LogP contribution in [-0.2, 0) is 24.0 Å². The minimum Gasteiger partial charge on any atom is -0.368 e. The number of hydrogen-bond acceptors (Lipinski definition) is 7. The van der Waals surface area contributed by atoms with Gasteiger partial charge in [-0.15, -0.1) is 0 Å². The maximum absolute atomic E-state index is 13.4. The molecule has 13 heteroatoms. The van der Waals surface area contributed by atoms with Gasteiger partial charge in [-0.25, -0.2) is 0 Å². The van der Waals surface area contributed by atoms with Crippen LogP contribution in [0.5, 0.6) is 0 Å². The third-order valence-corrected chi connectivity index (χ3v) is 7.26. The number of carbonyl (C=O) groups is 6. The minimum atomic E-state index is -1.15. The number of pyridine rings is 1. The molecular weight excluding hydrogens is 530 g/mol. The highest BCUT2D eigenvalue weighted by Crippen LogP contribution is 2.20. The van der Waals surface area contributed by atoms with Crippen molar-refractivity contribution in [1.82, 2.24) is 31.2 Å². The van der Waals surface area contributed by atoms with Crippen LogP contribution in [0.2, 0.25) is 0 Å². The Kier molecular flexibility index (Phi) is 11.6. The summed E-state index contributed by atoms with van der Waals surface area (Å²) in [6.45, 7) is 4.54. The highest BCUT2D eigenvalue weighted by atomic mass is 16.2. The predicted octanol–water partition coefficient (Wildman–Crippen LogP) is -0.248. The Morgan fingerprint density at radius 2 is 1.80 bits per heavy atom. The van der Waals surface area contributed by atoms with Gasteiger partial charge in [0.15, 0.2) is 0 Å². The number of nitrogens with zero attached hydrogens (tertiary/aromatic N) is 2. The van der Waals surface area contributed by atoms with E-state index in [2.05, 4.69) is 26.3 Å². The fourth-order valence-corrected chi connectivity index (χ4v) is 5.08. The molecule has 0 aromatic carbocycles. The number of hydrogen-bond donors (Lipinski definition) is 5. The second kappa shape index (κ2) is 15.1. The van der Waals surface area contributed by atoms with Crippen molar-refractivity contribution in [2.75, 3.05) is 13.1 Å². The largest absolute Gasteiger partial charge is 0.368 e. The van der Waals surface area contributed by atoms with Crippen LogP contribution in [-0.4, -0.2) is 82.6 Å². The second-order valence-corrected chi connectivity index (χ2v) is 11.0. The van der Waals surface area contributed by atoms with Gasteiger partial charge in [-0.3, -0.25) is 33.8 Å². The van der Waals surface area contributed by atoms with Gasteiger partial charge in [0.05, 0.1) is 0 Å². The lowest BCUT2D eigenvalue weighted by Crippen LogP contribution is -2.57. The molecule has 6 amide bonds. The molecule has 41 heavy (non-hydrogen) atoms. The zero-order valence-electron chi connectivity index (χ0n) is 23.7. The van der Waals surface area contributed by atoms with Crippen LogP contribution in [0.25, 0.3) is 0 Å². The van der Waals surface area contributed by atoms with Crippen LogP contribution in [0.15, 0.2) is 24.4 Å². The fraction of sp³-hybridized carbons (Fsp3) is 0.607. The smallest absolute Gasteiger partial charge is 0.270 e. The van der Waals surface area contributed by atoms with E-state index in [4.69, 9.17) is 5.73 Å². The van der Waals surface area contributed by atoms with Crippen molar-refractivity contribution < 1.29 is 28.8 Å². The molecule has 0 bridgehead atoms.